The van der Waals surface area contributed by atoms with Gasteiger partial charge in [-0.2, -0.15) is 0 Å². The zero-order valence-electron chi connectivity index (χ0n) is 7.55. The highest BCUT2D eigenvalue weighted by atomic mass is 16.1. The lowest BCUT2D eigenvalue weighted by atomic mass is 9.69. The van der Waals surface area contributed by atoms with E-state index in [1.807, 2.05) is 6.92 Å². The van der Waals surface area contributed by atoms with E-state index >= 15 is 0 Å². The molecule has 0 aromatic rings. The molecule has 0 aliphatic heterocycles. The molecule has 1 atom stereocenters. The van der Waals surface area contributed by atoms with Crippen LogP contribution in [0, 0.1) is 10.8 Å². The van der Waals surface area contributed by atoms with Gasteiger partial charge in [0.2, 0.25) is 0 Å². The first kappa shape index (κ1) is 8.51. The van der Waals surface area contributed by atoms with Crippen molar-refractivity contribution >= 4 is 6.29 Å². The third kappa shape index (κ3) is 1.92. The maximum atomic E-state index is 10.7. The van der Waals surface area contributed by atoms with E-state index in [2.05, 4.69) is 26.0 Å². The average Bonchev–Trinajstić information content (AvgIpc) is 1.85. The molecule has 0 spiro atoms. The number of carbonyl (C=O) groups excluding carboxylic acids is 1. The molecule has 11 heavy (non-hydrogen) atoms. The van der Waals surface area contributed by atoms with Crippen molar-refractivity contribution in [2.75, 3.05) is 0 Å². The minimum Gasteiger partial charge on any atom is -0.303 e. The van der Waals surface area contributed by atoms with Crippen molar-refractivity contribution < 1.29 is 4.79 Å². The molecule has 1 unspecified atom stereocenters. The van der Waals surface area contributed by atoms with Crippen LogP contribution in [-0.2, 0) is 4.79 Å². The van der Waals surface area contributed by atoms with Crippen LogP contribution in [0.5, 0.6) is 0 Å². The maximum Gasteiger partial charge on any atom is 0.126 e. The standard InChI is InChI=1S/C10H16O/c1-9(2)5-4-6-10(3,7-9)8-11/h4-5,8H,6-7H2,1-3H3. The van der Waals surface area contributed by atoms with Crippen LogP contribution in [0.1, 0.15) is 33.6 Å². The predicted molar refractivity (Wildman–Crippen MR) is 46.3 cm³/mol. The van der Waals surface area contributed by atoms with Gasteiger partial charge in [0, 0.05) is 5.41 Å². The molecule has 0 bridgehead atoms. The second-order valence-corrected chi connectivity index (χ2v) is 4.54. The summed E-state index contributed by atoms with van der Waals surface area (Å²) in [5.74, 6) is 0. The van der Waals surface area contributed by atoms with Gasteiger partial charge in [0.05, 0.1) is 0 Å². The first-order valence-electron chi connectivity index (χ1n) is 4.12. The monoisotopic (exact) mass is 152 g/mol. The Morgan fingerprint density at radius 3 is 2.36 bits per heavy atom. The molecule has 1 rings (SSSR count). The van der Waals surface area contributed by atoms with Gasteiger partial charge in [0.1, 0.15) is 6.29 Å². The summed E-state index contributed by atoms with van der Waals surface area (Å²) in [6.45, 7) is 6.38. The minimum atomic E-state index is -0.113. The Kier molecular flexibility index (Phi) is 1.91. The SMILES string of the molecule is CC1(C)C=CCC(C)(C=O)C1. The van der Waals surface area contributed by atoms with Gasteiger partial charge in [-0.3, -0.25) is 0 Å². The molecular formula is C10H16O. The van der Waals surface area contributed by atoms with E-state index in [-0.39, 0.29) is 10.8 Å². The zero-order valence-corrected chi connectivity index (χ0v) is 7.55. The summed E-state index contributed by atoms with van der Waals surface area (Å²) in [5, 5.41) is 0. The second kappa shape index (κ2) is 2.47. The van der Waals surface area contributed by atoms with Crippen molar-refractivity contribution in [2.45, 2.75) is 33.6 Å². The lowest BCUT2D eigenvalue weighted by Crippen LogP contribution is -2.28. The highest BCUT2D eigenvalue weighted by molar-refractivity contribution is 5.59. The van der Waals surface area contributed by atoms with Crippen molar-refractivity contribution in [1.29, 1.82) is 0 Å². The van der Waals surface area contributed by atoms with E-state index in [0.717, 1.165) is 19.1 Å². The van der Waals surface area contributed by atoms with Crippen molar-refractivity contribution in [2.24, 2.45) is 10.8 Å². The molecule has 62 valence electrons. The average molecular weight is 152 g/mol. The van der Waals surface area contributed by atoms with Crippen molar-refractivity contribution in [1.82, 2.24) is 0 Å². The highest BCUT2D eigenvalue weighted by Crippen LogP contribution is 2.40. The molecular weight excluding hydrogens is 136 g/mol. The first-order chi connectivity index (χ1) is 4.97. The highest BCUT2D eigenvalue weighted by Gasteiger charge is 2.32. The molecule has 0 N–H and O–H groups in total. The Morgan fingerprint density at radius 2 is 2.00 bits per heavy atom. The van der Waals surface area contributed by atoms with Gasteiger partial charge in [-0.05, 0) is 18.3 Å². The van der Waals surface area contributed by atoms with Gasteiger partial charge in [0.15, 0.2) is 0 Å². The Bertz CT molecular complexity index is 191. The normalized spacial score (nSPS) is 35.2. The third-order valence-electron chi connectivity index (χ3n) is 2.30. The maximum absolute atomic E-state index is 10.7. The largest absolute Gasteiger partial charge is 0.303 e. The topological polar surface area (TPSA) is 17.1 Å². The van der Waals surface area contributed by atoms with Gasteiger partial charge in [-0.15, -0.1) is 0 Å². The summed E-state index contributed by atoms with van der Waals surface area (Å²) >= 11 is 0. The minimum absolute atomic E-state index is 0.113. The first-order valence-corrected chi connectivity index (χ1v) is 4.12. The van der Waals surface area contributed by atoms with Crippen molar-refractivity contribution in [3.63, 3.8) is 0 Å². The Morgan fingerprint density at radius 1 is 1.36 bits per heavy atom. The number of hydrogen-bond donors (Lipinski definition) is 0. The van der Waals surface area contributed by atoms with E-state index in [4.69, 9.17) is 0 Å². The van der Waals surface area contributed by atoms with E-state index in [1.54, 1.807) is 0 Å². The second-order valence-electron chi connectivity index (χ2n) is 4.54. The summed E-state index contributed by atoms with van der Waals surface area (Å²) in [6, 6.07) is 0. The summed E-state index contributed by atoms with van der Waals surface area (Å²) in [7, 11) is 0. The Hall–Kier alpha value is -0.590. The van der Waals surface area contributed by atoms with Crippen LogP contribution >= 0.6 is 0 Å². The van der Waals surface area contributed by atoms with E-state index in [9.17, 15) is 4.79 Å². The molecule has 1 heteroatoms. The zero-order chi connectivity index (χ0) is 8.54. The molecule has 0 saturated heterocycles. The van der Waals surface area contributed by atoms with Crippen LogP contribution in [0.25, 0.3) is 0 Å². The molecule has 1 aliphatic rings. The van der Waals surface area contributed by atoms with Gasteiger partial charge >= 0.3 is 0 Å². The summed E-state index contributed by atoms with van der Waals surface area (Å²) in [4.78, 5) is 10.7. The summed E-state index contributed by atoms with van der Waals surface area (Å²) < 4.78 is 0. The number of hydrogen-bond acceptors (Lipinski definition) is 1. The van der Waals surface area contributed by atoms with Crippen LogP contribution in [0.4, 0.5) is 0 Å². The molecule has 1 nitrogen and oxygen atoms in total. The van der Waals surface area contributed by atoms with Crippen molar-refractivity contribution in [3.05, 3.63) is 12.2 Å². The van der Waals surface area contributed by atoms with Gasteiger partial charge < -0.3 is 4.79 Å². The van der Waals surface area contributed by atoms with Gasteiger partial charge in [-0.1, -0.05) is 32.9 Å². The summed E-state index contributed by atoms with van der Waals surface area (Å²) in [6.07, 6.45) is 7.30. The lowest BCUT2D eigenvalue weighted by Gasteiger charge is -2.34. The van der Waals surface area contributed by atoms with E-state index < -0.39 is 0 Å². The molecule has 0 heterocycles. The molecule has 0 saturated carbocycles. The fraction of sp³-hybridized carbons (Fsp3) is 0.700. The predicted octanol–water partition coefficient (Wildman–Crippen LogP) is 2.57. The van der Waals surface area contributed by atoms with E-state index in [1.165, 1.54) is 0 Å². The molecule has 0 radical (unpaired) electrons. The van der Waals surface area contributed by atoms with Gasteiger partial charge in [-0.25, -0.2) is 0 Å². The molecule has 1 aliphatic carbocycles. The van der Waals surface area contributed by atoms with E-state index in [0.29, 0.717) is 0 Å². The van der Waals surface area contributed by atoms with Crippen molar-refractivity contribution in [3.8, 4) is 0 Å². The number of rotatable bonds is 1. The molecule has 0 amide bonds. The van der Waals surface area contributed by atoms with Crippen LogP contribution in [0.2, 0.25) is 0 Å². The van der Waals surface area contributed by atoms with Crippen LogP contribution in [0.3, 0.4) is 0 Å². The molecule has 0 aromatic carbocycles. The van der Waals surface area contributed by atoms with Crippen LogP contribution in [0.15, 0.2) is 12.2 Å². The quantitative estimate of drug-likeness (QED) is 0.417. The Labute approximate surface area is 68.5 Å². The Balaban J connectivity index is 2.80. The smallest absolute Gasteiger partial charge is 0.126 e. The number of allylic oxidation sites excluding steroid dienone is 2. The summed E-state index contributed by atoms with van der Waals surface area (Å²) in [5.41, 5.74) is 0.0894. The van der Waals surface area contributed by atoms with Crippen LogP contribution in [-0.4, -0.2) is 6.29 Å². The molecule has 0 aromatic heterocycles. The number of aldehydes is 1. The fourth-order valence-corrected chi connectivity index (χ4v) is 1.91. The third-order valence-corrected chi connectivity index (χ3v) is 2.30. The fourth-order valence-electron chi connectivity index (χ4n) is 1.91. The lowest BCUT2D eigenvalue weighted by molar-refractivity contribution is -0.116. The number of carbonyl (C=O) groups is 1. The molecule has 0 fully saturated rings. The van der Waals surface area contributed by atoms with Crippen LogP contribution < -0.4 is 0 Å². The van der Waals surface area contributed by atoms with Gasteiger partial charge in [0.25, 0.3) is 0 Å².